The summed E-state index contributed by atoms with van der Waals surface area (Å²) in [6.45, 7) is -2.34. The average Bonchev–Trinajstić information content (AvgIpc) is 2.96. The van der Waals surface area contributed by atoms with Gasteiger partial charge in [-0.25, -0.2) is 0 Å². The highest BCUT2D eigenvalue weighted by molar-refractivity contribution is 7.97. The summed E-state index contributed by atoms with van der Waals surface area (Å²) in [6, 6.07) is 54.3. The van der Waals surface area contributed by atoms with E-state index in [0.29, 0.717) is 0 Å². The summed E-state index contributed by atoms with van der Waals surface area (Å²) in [5.41, 5.74) is 3.35. The highest BCUT2D eigenvalue weighted by Crippen LogP contribution is 2.48. The minimum absolute atomic E-state index is 1.03. The molecule has 0 heterocycles. The molecule has 5 aromatic carbocycles. The molecule has 0 amide bonds. The van der Waals surface area contributed by atoms with E-state index in [1.807, 2.05) is 7.05 Å². The lowest BCUT2D eigenvalue weighted by Crippen LogP contribution is -2.34. The molecule has 0 saturated heterocycles. The van der Waals surface area contributed by atoms with Gasteiger partial charge in [-0.3, -0.25) is 4.99 Å². The van der Waals surface area contributed by atoms with Crippen LogP contribution in [0, 0.1) is 0 Å². The maximum absolute atomic E-state index is 4.98. The van der Waals surface area contributed by atoms with Gasteiger partial charge in [0.1, 0.15) is 0 Å². The predicted octanol–water partition coefficient (Wildman–Crippen LogP) is 6.32. The number of hydrogen-bond acceptors (Lipinski definition) is 1. The Morgan fingerprint density at radius 1 is 0.429 bits per heavy atom. The molecular weight excluding hydrogens is 441 g/mol. The van der Waals surface area contributed by atoms with E-state index < -0.39 is 6.89 Å². The molecule has 0 aromatic heterocycles. The minimum Gasteiger partial charge on any atom is -0.287 e. The zero-order valence-corrected chi connectivity index (χ0v) is 20.7. The van der Waals surface area contributed by atoms with Crippen LogP contribution in [-0.4, -0.2) is 18.1 Å². The normalized spacial score (nSPS) is 11.7. The maximum Gasteiger partial charge on any atom is 0.0732 e. The third-order valence-corrected chi connectivity index (χ3v) is 10.7. The first kappa shape index (κ1) is 22.8. The summed E-state index contributed by atoms with van der Waals surface area (Å²) < 4.78 is 0. The summed E-state index contributed by atoms with van der Waals surface area (Å²) >= 11 is 0. The van der Waals surface area contributed by atoms with Crippen molar-refractivity contribution in [2.75, 3.05) is 7.05 Å². The molecule has 0 aliphatic carbocycles. The summed E-state index contributed by atoms with van der Waals surface area (Å²) in [6.07, 6.45) is 0. The molecule has 0 fully saturated rings. The Labute approximate surface area is 208 Å². The van der Waals surface area contributed by atoms with E-state index >= 15 is 0 Å². The van der Waals surface area contributed by atoms with Crippen LogP contribution in [0.2, 0.25) is 0 Å². The van der Waals surface area contributed by atoms with Crippen LogP contribution in [0.4, 0.5) is 0 Å². The topological polar surface area (TPSA) is 12.4 Å². The lowest BCUT2D eigenvalue weighted by atomic mass is 10.0. The van der Waals surface area contributed by atoms with Gasteiger partial charge in [-0.05, 0) is 28.4 Å². The van der Waals surface area contributed by atoms with Gasteiger partial charge >= 0.3 is 0 Å². The van der Waals surface area contributed by atoms with Gasteiger partial charge in [0.25, 0.3) is 0 Å². The number of hydrogen-bond donors (Lipinski definition) is 0. The van der Waals surface area contributed by atoms with Gasteiger partial charge in [0.2, 0.25) is 0 Å². The molecule has 0 saturated carbocycles. The first-order valence-electron chi connectivity index (χ1n) is 11.9. The zero-order valence-electron chi connectivity index (χ0n) is 19.8. The molecule has 1 nitrogen and oxygen atoms in total. The molecule has 0 spiro atoms. The van der Waals surface area contributed by atoms with Crippen molar-refractivity contribution < 1.29 is 0 Å². The van der Waals surface area contributed by atoms with E-state index in [-0.39, 0.29) is 0 Å². The SMILES string of the molecule is CN=C(C(c1ccccc1)=P(c1ccccc1)(c1ccccc1)c1ccccc1)c1ccccc1. The van der Waals surface area contributed by atoms with Gasteiger partial charge in [0, 0.05) is 17.9 Å². The maximum atomic E-state index is 4.98. The Kier molecular flexibility index (Phi) is 6.89. The van der Waals surface area contributed by atoms with Crippen LogP contribution < -0.4 is 15.9 Å². The summed E-state index contributed by atoms with van der Waals surface area (Å²) in [5, 5.41) is 5.21. The fraction of sp³-hybridized carbons (Fsp3) is 0.0303. The summed E-state index contributed by atoms with van der Waals surface area (Å²) in [7, 11) is 1.92. The lowest BCUT2D eigenvalue weighted by molar-refractivity contribution is 1.44. The van der Waals surface area contributed by atoms with E-state index in [0.717, 1.165) is 11.3 Å². The molecule has 0 aliphatic rings. The predicted molar refractivity (Wildman–Crippen MR) is 155 cm³/mol. The molecule has 35 heavy (non-hydrogen) atoms. The van der Waals surface area contributed by atoms with Gasteiger partial charge in [-0.1, -0.05) is 152 Å². The third kappa shape index (κ3) is 4.32. The van der Waals surface area contributed by atoms with Crippen molar-refractivity contribution in [2.24, 2.45) is 4.99 Å². The number of rotatable bonds is 6. The first-order valence-corrected chi connectivity index (χ1v) is 13.7. The number of nitrogens with zero attached hydrogens (tertiary/aromatic N) is 1. The summed E-state index contributed by atoms with van der Waals surface area (Å²) in [4.78, 5) is 4.98. The van der Waals surface area contributed by atoms with Crippen molar-refractivity contribution >= 4 is 33.8 Å². The largest absolute Gasteiger partial charge is 0.287 e. The van der Waals surface area contributed by atoms with Crippen LogP contribution in [0.5, 0.6) is 0 Å². The molecule has 0 bridgehead atoms. The zero-order chi connectivity index (χ0) is 23.9. The molecule has 5 aromatic rings. The van der Waals surface area contributed by atoms with Gasteiger partial charge < -0.3 is 0 Å². The number of aliphatic imine (C=N–C) groups is 1. The molecule has 170 valence electrons. The van der Waals surface area contributed by atoms with Crippen molar-refractivity contribution in [3.05, 3.63) is 163 Å². The van der Waals surface area contributed by atoms with E-state index in [2.05, 4.69) is 152 Å². The third-order valence-electron chi connectivity index (χ3n) is 6.31. The van der Waals surface area contributed by atoms with Crippen LogP contribution in [0.15, 0.2) is 157 Å². The molecule has 0 N–H and O–H groups in total. The molecule has 0 unspecified atom stereocenters. The van der Waals surface area contributed by atoms with Crippen LogP contribution in [0.3, 0.4) is 0 Å². The van der Waals surface area contributed by atoms with Gasteiger partial charge in [0.05, 0.1) is 5.71 Å². The van der Waals surface area contributed by atoms with Gasteiger partial charge in [-0.15, -0.1) is 0 Å². The van der Waals surface area contributed by atoms with E-state index in [1.54, 1.807) is 0 Å². The van der Waals surface area contributed by atoms with Crippen molar-refractivity contribution in [1.82, 2.24) is 0 Å². The second-order valence-corrected chi connectivity index (χ2v) is 11.7. The highest BCUT2D eigenvalue weighted by Gasteiger charge is 2.33. The Morgan fingerprint density at radius 2 is 0.743 bits per heavy atom. The Hall–Kier alpha value is -3.93. The fourth-order valence-corrected chi connectivity index (χ4v) is 9.45. The van der Waals surface area contributed by atoms with Gasteiger partial charge in [0.15, 0.2) is 0 Å². The second kappa shape index (κ2) is 10.6. The standard InChI is InChI=1S/C33H28NP/c1-34-32(27-17-7-2-8-18-27)33(28-19-9-3-10-20-28)35(29-21-11-4-12-22-29,30-23-13-5-14-24-30)31-25-15-6-16-26-31/h2-26H,1H3. The second-order valence-electron chi connectivity index (χ2n) is 8.33. The Balaban J connectivity index is 2.09. The summed E-state index contributed by atoms with van der Waals surface area (Å²) in [5.74, 6) is 0. The molecule has 2 heteroatoms. The fourth-order valence-electron chi connectivity index (χ4n) is 4.84. The van der Waals surface area contributed by atoms with Crippen LogP contribution in [0.1, 0.15) is 11.1 Å². The first-order chi connectivity index (χ1) is 17.4. The van der Waals surface area contributed by atoms with E-state index in [1.165, 1.54) is 26.8 Å². The Morgan fingerprint density at radius 3 is 1.09 bits per heavy atom. The van der Waals surface area contributed by atoms with Crippen molar-refractivity contribution in [3.63, 3.8) is 0 Å². The molecule has 5 rings (SSSR count). The monoisotopic (exact) mass is 469 g/mol. The van der Waals surface area contributed by atoms with E-state index in [4.69, 9.17) is 4.99 Å². The van der Waals surface area contributed by atoms with E-state index in [9.17, 15) is 0 Å². The van der Waals surface area contributed by atoms with Crippen LogP contribution in [-0.2, 0) is 0 Å². The smallest absolute Gasteiger partial charge is 0.0732 e. The van der Waals surface area contributed by atoms with Crippen LogP contribution >= 0.6 is 6.89 Å². The minimum atomic E-state index is -2.34. The lowest BCUT2D eigenvalue weighted by Gasteiger charge is -2.34. The highest BCUT2D eigenvalue weighted by atomic mass is 31.2. The van der Waals surface area contributed by atoms with Crippen molar-refractivity contribution in [1.29, 1.82) is 0 Å². The number of benzene rings is 5. The average molecular weight is 470 g/mol. The molecule has 0 radical (unpaired) electrons. The quantitative estimate of drug-likeness (QED) is 0.204. The van der Waals surface area contributed by atoms with Crippen molar-refractivity contribution in [3.8, 4) is 0 Å². The Bertz CT molecular complexity index is 1350. The van der Waals surface area contributed by atoms with Crippen molar-refractivity contribution in [2.45, 2.75) is 0 Å². The van der Waals surface area contributed by atoms with Crippen LogP contribution in [0.25, 0.3) is 0 Å². The molecule has 0 atom stereocenters. The molecule has 0 aliphatic heterocycles. The van der Waals surface area contributed by atoms with Gasteiger partial charge in [-0.2, -0.15) is 0 Å². The molecular formula is C33H28NP.